The molecule has 2 aliphatic rings. The van der Waals surface area contributed by atoms with Crippen molar-refractivity contribution in [2.24, 2.45) is 0 Å². The topological polar surface area (TPSA) is 3.24 Å². The summed E-state index contributed by atoms with van der Waals surface area (Å²) in [6.45, 7) is 0. The molecule has 0 amide bonds. The summed E-state index contributed by atoms with van der Waals surface area (Å²) in [5, 5.41) is 0. The first-order valence-electron chi connectivity index (χ1n) is 3.32. The molecule has 0 N–H and O–H groups in total. The van der Waals surface area contributed by atoms with Crippen molar-refractivity contribution in [2.75, 3.05) is 7.05 Å². The van der Waals surface area contributed by atoms with Crippen LogP contribution in [0.2, 0.25) is 0 Å². The van der Waals surface area contributed by atoms with E-state index in [-0.39, 0.29) is 26.2 Å². The minimum atomic E-state index is 0. The SMILES string of the molecule is CN1[C-]2C=CCC1C=C2.[Zr]. The number of rotatable bonds is 0. The number of likely N-dealkylation sites (N-methyl/N-ethyl adjacent to an activating group) is 1. The molecule has 2 heteroatoms. The van der Waals surface area contributed by atoms with E-state index >= 15 is 0 Å². The van der Waals surface area contributed by atoms with Gasteiger partial charge in [-0.1, -0.05) is 12.5 Å². The Balaban J connectivity index is 0.000000500. The molecule has 2 aliphatic heterocycles. The number of nitrogens with zero attached hydrogens (tertiary/aromatic N) is 1. The van der Waals surface area contributed by atoms with Gasteiger partial charge in [0.1, 0.15) is 0 Å². The Hall–Kier alpha value is 0.193. The molecule has 0 spiro atoms. The van der Waals surface area contributed by atoms with Crippen LogP contribution < -0.4 is 0 Å². The van der Waals surface area contributed by atoms with Crippen LogP contribution in [0.15, 0.2) is 24.3 Å². The second-order valence-electron chi connectivity index (χ2n) is 2.60. The second-order valence-corrected chi connectivity index (χ2v) is 2.60. The van der Waals surface area contributed by atoms with Crippen molar-refractivity contribution < 1.29 is 26.2 Å². The summed E-state index contributed by atoms with van der Waals surface area (Å²) in [6.07, 6.45) is 10.0. The Bertz CT molecular complexity index is 172. The molecule has 52 valence electrons. The molecule has 0 saturated carbocycles. The summed E-state index contributed by atoms with van der Waals surface area (Å²) >= 11 is 0. The predicted octanol–water partition coefficient (Wildman–Crippen LogP) is 1.35. The molecule has 2 heterocycles. The predicted molar refractivity (Wildman–Crippen MR) is 37.7 cm³/mol. The summed E-state index contributed by atoms with van der Waals surface area (Å²) in [4.78, 5) is 2.31. The van der Waals surface area contributed by atoms with Crippen molar-refractivity contribution in [3.63, 3.8) is 0 Å². The summed E-state index contributed by atoms with van der Waals surface area (Å²) < 4.78 is 0. The van der Waals surface area contributed by atoms with Crippen molar-refractivity contribution in [3.05, 3.63) is 30.3 Å². The Labute approximate surface area is 80.9 Å². The van der Waals surface area contributed by atoms with E-state index in [1.807, 2.05) is 0 Å². The average molecular weight is 211 g/mol. The van der Waals surface area contributed by atoms with Crippen LogP contribution in [0.5, 0.6) is 0 Å². The van der Waals surface area contributed by atoms with Crippen molar-refractivity contribution in [3.8, 4) is 0 Å². The first-order valence-corrected chi connectivity index (χ1v) is 3.32. The van der Waals surface area contributed by atoms with Gasteiger partial charge in [0.2, 0.25) is 0 Å². The first-order chi connectivity index (χ1) is 4.38. The molecule has 0 aliphatic carbocycles. The third-order valence-corrected chi connectivity index (χ3v) is 2.06. The number of fused-ring (bicyclic) bond motifs is 2. The van der Waals surface area contributed by atoms with Gasteiger partial charge in [0.05, 0.1) is 0 Å². The van der Waals surface area contributed by atoms with Gasteiger partial charge in [0.15, 0.2) is 0 Å². The maximum Gasteiger partial charge on any atom is 0 e. The number of hydrogen-bond acceptors (Lipinski definition) is 1. The minimum Gasteiger partial charge on any atom is -0.335 e. The molecule has 1 unspecified atom stereocenters. The zero-order chi connectivity index (χ0) is 6.27. The molecule has 1 nitrogen and oxygen atoms in total. The van der Waals surface area contributed by atoms with Crippen molar-refractivity contribution in [1.82, 2.24) is 4.90 Å². The summed E-state index contributed by atoms with van der Waals surface area (Å²) in [5.74, 6) is 0. The fraction of sp³-hybridized carbons (Fsp3) is 0.375. The Morgan fingerprint density at radius 1 is 1.50 bits per heavy atom. The van der Waals surface area contributed by atoms with E-state index in [1.165, 1.54) is 12.5 Å². The van der Waals surface area contributed by atoms with Gasteiger partial charge < -0.3 is 4.90 Å². The zero-order valence-corrected chi connectivity index (χ0v) is 8.50. The quantitative estimate of drug-likeness (QED) is 0.547. The fourth-order valence-corrected chi connectivity index (χ4v) is 1.39. The molecule has 1 atom stereocenters. The van der Waals surface area contributed by atoms with Crippen LogP contribution in [0.25, 0.3) is 0 Å². The zero-order valence-electron chi connectivity index (χ0n) is 6.04. The average Bonchev–Trinajstić information content (AvgIpc) is 2.19. The fourth-order valence-electron chi connectivity index (χ4n) is 1.39. The van der Waals surface area contributed by atoms with Crippen LogP contribution in [0.1, 0.15) is 6.42 Å². The van der Waals surface area contributed by atoms with E-state index in [0.717, 1.165) is 0 Å². The van der Waals surface area contributed by atoms with Gasteiger partial charge in [-0.2, -0.15) is 24.3 Å². The summed E-state index contributed by atoms with van der Waals surface area (Å²) in [6, 6.07) is 2.01. The third kappa shape index (κ3) is 1.15. The minimum absolute atomic E-state index is 0. The molecule has 2 rings (SSSR count). The van der Waals surface area contributed by atoms with Crippen LogP contribution in [-0.4, -0.2) is 18.0 Å². The van der Waals surface area contributed by atoms with Gasteiger partial charge in [-0.3, -0.25) is 0 Å². The smallest absolute Gasteiger partial charge is 0 e. The Morgan fingerprint density at radius 2 is 2.30 bits per heavy atom. The molecular weight excluding hydrogens is 201 g/mol. The summed E-state index contributed by atoms with van der Waals surface area (Å²) in [7, 11) is 2.14. The van der Waals surface area contributed by atoms with Crippen molar-refractivity contribution >= 4 is 0 Å². The van der Waals surface area contributed by atoms with Gasteiger partial charge in [-0.25, -0.2) is 0 Å². The van der Waals surface area contributed by atoms with Crippen LogP contribution in [-0.2, 0) is 26.2 Å². The maximum absolute atomic E-state index is 2.31. The van der Waals surface area contributed by atoms with Crippen LogP contribution in [0.4, 0.5) is 0 Å². The third-order valence-electron chi connectivity index (χ3n) is 2.06. The van der Waals surface area contributed by atoms with Crippen molar-refractivity contribution in [1.29, 1.82) is 0 Å². The molecular formula is C8H10NZr-. The van der Waals surface area contributed by atoms with E-state index in [9.17, 15) is 0 Å². The van der Waals surface area contributed by atoms with Crippen molar-refractivity contribution in [2.45, 2.75) is 12.5 Å². The second kappa shape index (κ2) is 3.06. The maximum atomic E-state index is 2.31. The molecule has 0 radical (unpaired) electrons. The number of hydrogen-bond donors (Lipinski definition) is 0. The van der Waals surface area contributed by atoms with Gasteiger partial charge >= 0.3 is 0 Å². The molecule has 0 aromatic carbocycles. The van der Waals surface area contributed by atoms with E-state index in [1.54, 1.807) is 0 Å². The first kappa shape index (κ1) is 8.29. The van der Waals surface area contributed by atoms with E-state index in [2.05, 4.69) is 36.3 Å². The monoisotopic (exact) mass is 210 g/mol. The largest absolute Gasteiger partial charge is 0.335 e. The van der Waals surface area contributed by atoms with Crippen LogP contribution in [0.3, 0.4) is 0 Å². The van der Waals surface area contributed by atoms with E-state index in [0.29, 0.717) is 6.04 Å². The van der Waals surface area contributed by atoms with Gasteiger partial charge in [-0.15, -0.1) is 0 Å². The normalized spacial score (nSPS) is 28.9. The Kier molecular flexibility index (Phi) is 2.54. The molecule has 0 saturated heterocycles. The molecule has 0 aromatic heterocycles. The van der Waals surface area contributed by atoms with E-state index < -0.39 is 0 Å². The molecule has 2 bridgehead atoms. The van der Waals surface area contributed by atoms with Gasteiger partial charge in [0, 0.05) is 26.2 Å². The van der Waals surface area contributed by atoms with Gasteiger partial charge in [0.25, 0.3) is 0 Å². The Morgan fingerprint density at radius 3 is 2.90 bits per heavy atom. The summed E-state index contributed by atoms with van der Waals surface area (Å²) in [5.41, 5.74) is 0. The standard InChI is InChI=1S/C8H10N.Zr/c1-9-7-3-2-4-8(9)6-5-7;/h2-3,5-6,8H,4H2,1H3;/q-1;. The molecule has 0 fully saturated rings. The molecule has 10 heavy (non-hydrogen) atoms. The van der Waals surface area contributed by atoms with Crippen LogP contribution >= 0.6 is 0 Å². The van der Waals surface area contributed by atoms with Crippen LogP contribution in [0, 0.1) is 6.04 Å². The van der Waals surface area contributed by atoms with Gasteiger partial charge in [-0.05, 0) is 13.1 Å². The molecule has 0 aromatic rings. The van der Waals surface area contributed by atoms with E-state index in [4.69, 9.17) is 0 Å².